The monoisotopic (exact) mass is 313 g/mol. The van der Waals surface area contributed by atoms with Gasteiger partial charge in [-0.05, 0) is 36.6 Å². The number of aliphatic hydroxyl groups is 1. The Bertz CT molecular complexity index is 554. The van der Waals surface area contributed by atoms with E-state index in [-0.39, 0.29) is 0 Å². The highest BCUT2D eigenvalue weighted by atomic mass is 16.5. The van der Waals surface area contributed by atoms with Gasteiger partial charge < -0.3 is 15.2 Å². The largest absolute Gasteiger partial charge is 0.489 e. The van der Waals surface area contributed by atoms with Crippen LogP contribution in [0, 0.1) is 0 Å². The topological polar surface area (TPSA) is 41.5 Å². The van der Waals surface area contributed by atoms with Crippen LogP contribution in [-0.2, 0) is 6.61 Å². The Hall–Kier alpha value is -1.84. The van der Waals surface area contributed by atoms with Gasteiger partial charge in [0.2, 0.25) is 0 Å². The first-order chi connectivity index (χ1) is 11.2. The van der Waals surface area contributed by atoms with Crippen LogP contribution in [0.4, 0.5) is 0 Å². The van der Waals surface area contributed by atoms with E-state index in [9.17, 15) is 5.11 Å². The van der Waals surface area contributed by atoms with Crippen LogP contribution in [0.3, 0.4) is 0 Å². The van der Waals surface area contributed by atoms with Crippen molar-refractivity contribution in [1.82, 2.24) is 5.32 Å². The number of nitrogens with one attached hydrogen (secondary N) is 1. The van der Waals surface area contributed by atoms with Crippen LogP contribution < -0.4 is 10.1 Å². The molecule has 0 amide bonds. The van der Waals surface area contributed by atoms with Gasteiger partial charge in [-0.1, -0.05) is 55.8 Å². The van der Waals surface area contributed by atoms with Gasteiger partial charge in [0.05, 0.1) is 6.10 Å². The molecule has 0 fully saturated rings. The van der Waals surface area contributed by atoms with Crippen molar-refractivity contribution in [1.29, 1.82) is 0 Å². The number of hydrogen-bond donors (Lipinski definition) is 2. The molecule has 0 heterocycles. The summed E-state index contributed by atoms with van der Waals surface area (Å²) in [6.45, 7) is 5.45. The molecule has 3 nitrogen and oxygen atoms in total. The van der Waals surface area contributed by atoms with Crippen LogP contribution in [0.2, 0.25) is 0 Å². The summed E-state index contributed by atoms with van der Waals surface area (Å²) >= 11 is 0. The van der Waals surface area contributed by atoms with Gasteiger partial charge in [0.25, 0.3) is 0 Å². The third-order valence-corrected chi connectivity index (χ3v) is 3.89. The predicted octanol–water partition coefficient (Wildman–Crippen LogP) is 4.08. The third-order valence-electron chi connectivity index (χ3n) is 3.89. The van der Waals surface area contributed by atoms with Gasteiger partial charge in [-0.15, -0.1) is 0 Å². The molecule has 2 rings (SSSR count). The molecule has 3 heteroatoms. The van der Waals surface area contributed by atoms with E-state index in [1.807, 2.05) is 54.6 Å². The molecular formula is C20H27NO2. The van der Waals surface area contributed by atoms with Gasteiger partial charge in [0.15, 0.2) is 0 Å². The molecule has 0 bridgehead atoms. The van der Waals surface area contributed by atoms with Gasteiger partial charge in [0.1, 0.15) is 12.4 Å². The van der Waals surface area contributed by atoms with Gasteiger partial charge in [-0.2, -0.15) is 0 Å². The molecule has 2 atom stereocenters. The molecule has 0 aliphatic heterocycles. The van der Waals surface area contributed by atoms with Crippen molar-refractivity contribution in [2.24, 2.45) is 0 Å². The second kappa shape index (κ2) is 9.33. The molecule has 0 saturated heterocycles. The minimum absolute atomic E-state index is 0.433. The molecule has 2 aromatic rings. The Morgan fingerprint density at radius 3 is 2.39 bits per heavy atom. The van der Waals surface area contributed by atoms with Gasteiger partial charge in [-0.25, -0.2) is 0 Å². The zero-order chi connectivity index (χ0) is 16.5. The number of ether oxygens (including phenoxy) is 1. The summed E-state index contributed by atoms with van der Waals surface area (Å²) in [5.74, 6) is 0.817. The van der Waals surface area contributed by atoms with Crippen LogP contribution in [0.25, 0.3) is 0 Å². The molecule has 0 aliphatic carbocycles. The standard InChI is InChI=1S/C20H27NO2/c1-3-7-16(2)21-14-20(22)18-10-12-19(13-11-18)23-15-17-8-5-4-6-9-17/h4-6,8-13,16,20-22H,3,7,14-15H2,1-2H3/t16-,20+/m1/s1. The molecule has 2 N–H and O–H groups in total. The van der Waals surface area contributed by atoms with Crippen LogP contribution >= 0.6 is 0 Å². The minimum atomic E-state index is -0.488. The highest BCUT2D eigenvalue weighted by Gasteiger charge is 2.09. The lowest BCUT2D eigenvalue weighted by Gasteiger charge is -2.17. The maximum atomic E-state index is 10.2. The van der Waals surface area contributed by atoms with E-state index in [0.29, 0.717) is 19.2 Å². The minimum Gasteiger partial charge on any atom is -0.489 e. The zero-order valence-electron chi connectivity index (χ0n) is 14.0. The van der Waals surface area contributed by atoms with Crippen LogP contribution in [0.1, 0.15) is 43.9 Å². The Morgan fingerprint density at radius 1 is 1.04 bits per heavy atom. The lowest BCUT2D eigenvalue weighted by molar-refractivity contribution is 0.170. The lowest BCUT2D eigenvalue weighted by Crippen LogP contribution is -2.30. The number of benzene rings is 2. The molecule has 0 spiro atoms. The zero-order valence-corrected chi connectivity index (χ0v) is 14.0. The molecule has 0 saturated carbocycles. The second-order valence-electron chi connectivity index (χ2n) is 5.96. The summed E-state index contributed by atoms with van der Waals surface area (Å²) in [6.07, 6.45) is 1.79. The molecule has 0 aromatic heterocycles. The molecule has 124 valence electrons. The Kier molecular flexibility index (Phi) is 7.11. The van der Waals surface area contributed by atoms with Crippen LogP contribution in [0.5, 0.6) is 5.75 Å². The first kappa shape index (κ1) is 17.5. The van der Waals surface area contributed by atoms with Crippen LogP contribution in [0.15, 0.2) is 54.6 Å². The number of rotatable bonds is 9. The number of hydrogen-bond acceptors (Lipinski definition) is 3. The van der Waals surface area contributed by atoms with Crippen molar-refractivity contribution in [3.63, 3.8) is 0 Å². The fourth-order valence-electron chi connectivity index (χ4n) is 2.49. The third kappa shape index (κ3) is 6.05. The lowest BCUT2D eigenvalue weighted by atomic mass is 10.1. The molecular weight excluding hydrogens is 286 g/mol. The summed E-state index contributed by atoms with van der Waals surface area (Å²) < 4.78 is 5.76. The van der Waals surface area contributed by atoms with E-state index in [1.54, 1.807) is 0 Å². The van der Waals surface area contributed by atoms with Gasteiger partial charge in [0, 0.05) is 12.6 Å². The smallest absolute Gasteiger partial charge is 0.119 e. The predicted molar refractivity (Wildman–Crippen MR) is 94.5 cm³/mol. The molecule has 2 aromatic carbocycles. The van der Waals surface area contributed by atoms with Crippen molar-refractivity contribution in [3.8, 4) is 5.75 Å². The van der Waals surface area contributed by atoms with Crippen LogP contribution in [-0.4, -0.2) is 17.7 Å². The summed E-state index contributed by atoms with van der Waals surface area (Å²) in [4.78, 5) is 0. The SMILES string of the molecule is CCC[C@@H](C)NC[C@H](O)c1ccc(OCc2ccccc2)cc1. The molecule has 23 heavy (non-hydrogen) atoms. The molecule has 0 aliphatic rings. The normalized spacial score (nSPS) is 13.5. The second-order valence-corrected chi connectivity index (χ2v) is 5.96. The summed E-state index contributed by atoms with van der Waals surface area (Å²) in [5.41, 5.74) is 2.05. The highest BCUT2D eigenvalue weighted by molar-refractivity contribution is 5.29. The van der Waals surface area contributed by atoms with E-state index in [2.05, 4.69) is 19.2 Å². The first-order valence-corrected chi connectivity index (χ1v) is 8.37. The summed E-state index contributed by atoms with van der Waals surface area (Å²) in [7, 11) is 0. The summed E-state index contributed by atoms with van der Waals surface area (Å²) in [5, 5.41) is 13.6. The van der Waals surface area contributed by atoms with Crippen molar-refractivity contribution >= 4 is 0 Å². The van der Waals surface area contributed by atoms with Crippen molar-refractivity contribution in [2.75, 3.05) is 6.54 Å². The van der Waals surface area contributed by atoms with Crippen molar-refractivity contribution in [2.45, 2.75) is 45.4 Å². The Morgan fingerprint density at radius 2 is 1.74 bits per heavy atom. The van der Waals surface area contributed by atoms with E-state index < -0.39 is 6.10 Å². The van der Waals surface area contributed by atoms with E-state index in [0.717, 1.165) is 29.7 Å². The van der Waals surface area contributed by atoms with Gasteiger partial charge >= 0.3 is 0 Å². The van der Waals surface area contributed by atoms with E-state index >= 15 is 0 Å². The maximum absolute atomic E-state index is 10.2. The Labute approximate surface area is 139 Å². The molecule has 0 radical (unpaired) electrons. The van der Waals surface area contributed by atoms with Crippen molar-refractivity contribution < 1.29 is 9.84 Å². The average molecular weight is 313 g/mol. The first-order valence-electron chi connectivity index (χ1n) is 8.37. The van der Waals surface area contributed by atoms with E-state index in [1.165, 1.54) is 0 Å². The Balaban J connectivity index is 1.81. The quantitative estimate of drug-likeness (QED) is 0.733. The molecule has 0 unspecified atom stereocenters. The fraction of sp³-hybridized carbons (Fsp3) is 0.400. The summed E-state index contributed by atoms with van der Waals surface area (Å²) in [6, 6.07) is 18.2. The highest BCUT2D eigenvalue weighted by Crippen LogP contribution is 2.18. The number of aliphatic hydroxyl groups excluding tert-OH is 1. The average Bonchev–Trinajstić information content (AvgIpc) is 2.59. The van der Waals surface area contributed by atoms with E-state index in [4.69, 9.17) is 4.74 Å². The van der Waals surface area contributed by atoms with Crippen molar-refractivity contribution in [3.05, 3.63) is 65.7 Å². The maximum Gasteiger partial charge on any atom is 0.119 e. The fourth-order valence-corrected chi connectivity index (χ4v) is 2.49. The van der Waals surface area contributed by atoms with Gasteiger partial charge in [-0.3, -0.25) is 0 Å².